The Morgan fingerprint density at radius 1 is 1.13 bits per heavy atom. The van der Waals surface area contributed by atoms with Crippen LogP contribution in [0.2, 0.25) is 0 Å². The van der Waals surface area contributed by atoms with Crippen molar-refractivity contribution in [1.29, 1.82) is 0 Å². The molecule has 1 aliphatic rings. The normalized spacial score (nSPS) is 18.6. The molecule has 0 fully saturated rings. The molecule has 2 aromatic carbocycles. The molecule has 0 radical (unpaired) electrons. The number of aliphatic hydroxyl groups is 3. The largest absolute Gasteiger partial charge is 0.493 e. The van der Waals surface area contributed by atoms with Crippen molar-refractivity contribution >= 4 is 40.2 Å². The molecule has 10 nitrogen and oxygen atoms in total. The van der Waals surface area contributed by atoms with E-state index in [1.54, 1.807) is 43.3 Å². The van der Waals surface area contributed by atoms with Gasteiger partial charge in [-0.1, -0.05) is 37.3 Å². The number of methoxy groups -OCH3 is 1. The van der Waals surface area contributed by atoms with Crippen molar-refractivity contribution in [2.75, 3.05) is 20.3 Å². The molecule has 0 aromatic heterocycles. The first-order valence-corrected chi connectivity index (χ1v) is 13.6. The summed E-state index contributed by atoms with van der Waals surface area (Å²) in [6, 6.07) is 11.4. The van der Waals surface area contributed by atoms with Crippen molar-refractivity contribution in [2.45, 2.75) is 51.2 Å². The standard InChI is InChI=1S/C28H33IN2O8/c1-3-22(34)28(37)31(15-17-7-5-4-6-8-17)21-13-19(27(36)30-9-10-32)14-23(25(21)35)39-26-20(29)11-18(16-33)12-24(26)38-2/h4-8,11-12,14,21,23,25,32-33,35H,3,9-10,13,15-16H2,1-2H3,(H,30,36)/t21-,23+,25+/m1/s1. The molecule has 0 heterocycles. The summed E-state index contributed by atoms with van der Waals surface area (Å²) in [6.07, 6.45) is -0.973. The number of carbonyl (C=O) groups is 3. The summed E-state index contributed by atoms with van der Waals surface area (Å²) in [7, 11) is 1.44. The Balaban J connectivity index is 2.05. The predicted octanol–water partition coefficient (Wildman–Crippen LogP) is 1.72. The molecule has 0 aliphatic heterocycles. The maximum Gasteiger partial charge on any atom is 0.290 e. The molecular formula is C28H33IN2O8. The lowest BCUT2D eigenvalue weighted by Gasteiger charge is -2.40. The Bertz CT molecular complexity index is 1200. The minimum Gasteiger partial charge on any atom is -0.493 e. The zero-order valence-electron chi connectivity index (χ0n) is 21.8. The predicted molar refractivity (Wildman–Crippen MR) is 151 cm³/mol. The first-order chi connectivity index (χ1) is 18.7. The van der Waals surface area contributed by atoms with Gasteiger partial charge in [0.15, 0.2) is 11.5 Å². The van der Waals surface area contributed by atoms with Crippen LogP contribution in [0.1, 0.15) is 30.9 Å². The highest BCUT2D eigenvalue weighted by Crippen LogP contribution is 2.37. The molecule has 0 bridgehead atoms. The molecule has 0 saturated carbocycles. The summed E-state index contributed by atoms with van der Waals surface area (Å²) in [5, 5.41) is 32.9. The Morgan fingerprint density at radius 2 is 1.85 bits per heavy atom. The first kappa shape index (κ1) is 30.5. The molecule has 11 heteroatoms. The van der Waals surface area contributed by atoms with Crippen LogP contribution >= 0.6 is 22.6 Å². The van der Waals surface area contributed by atoms with Crippen molar-refractivity contribution in [3.63, 3.8) is 0 Å². The fourth-order valence-corrected chi connectivity index (χ4v) is 5.12. The van der Waals surface area contributed by atoms with E-state index in [9.17, 15) is 29.7 Å². The molecule has 2 aromatic rings. The highest BCUT2D eigenvalue weighted by Gasteiger charge is 2.42. The van der Waals surface area contributed by atoms with Gasteiger partial charge in [0, 0.05) is 31.5 Å². The van der Waals surface area contributed by atoms with Gasteiger partial charge in [-0.3, -0.25) is 14.4 Å². The molecule has 39 heavy (non-hydrogen) atoms. The van der Waals surface area contributed by atoms with E-state index in [-0.39, 0.29) is 50.5 Å². The Hall–Kier alpha value is -3.00. The second-order valence-electron chi connectivity index (χ2n) is 8.98. The molecule has 4 N–H and O–H groups in total. The molecular weight excluding hydrogens is 619 g/mol. The fourth-order valence-electron chi connectivity index (χ4n) is 4.33. The van der Waals surface area contributed by atoms with Gasteiger partial charge in [0.2, 0.25) is 11.7 Å². The number of hydrogen-bond acceptors (Lipinski definition) is 8. The van der Waals surface area contributed by atoms with Gasteiger partial charge in [-0.15, -0.1) is 0 Å². The third-order valence-corrected chi connectivity index (χ3v) is 7.16. The molecule has 0 unspecified atom stereocenters. The quantitative estimate of drug-likeness (QED) is 0.201. The smallest absolute Gasteiger partial charge is 0.290 e. The van der Waals surface area contributed by atoms with Crippen LogP contribution in [-0.4, -0.2) is 76.3 Å². The number of hydrogen-bond donors (Lipinski definition) is 4. The molecule has 1 aliphatic carbocycles. The summed E-state index contributed by atoms with van der Waals surface area (Å²) in [5.74, 6) is -1.26. The molecule has 0 saturated heterocycles. The number of nitrogens with one attached hydrogen (secondary N) is 1. The summed E-state index contributed by atoms with van der Waals surface area (Å²) in [6.45, 7) is 1.17. The van der Waals surface area contributed by atoms with Crippen molar-refractivity contribution < 1.29 is 39.2 Å². The summed E-state index contributed by atoms with van der Waals surface area (Å²) in [4.78, 5) is 40.1. The van der Waals surface area contributed by atoms with Crippen molar-refractivity contribution in [2.24, 2.45) is 0 Å². The lowest BCUT2D eigenvalue weighted by Crippen LogP contribution is -2.56. The van der Waals surface area contributed by atoms with E-state index in [0.29, 0.717) is 14.9 Å². The Kier molecular flexibility index (Phi) is 11.3. The van der Waals surface area contributed by atoms with Crippen molar-refractivity contribution in [3.05, 3.63) is 68.8 Å². The maximum absolute atomic E-state index is 13.3. The minimum absolute atomic E-state index is 0.0147. The lowest BCUT2D eigenvalue weighted by molar-refractivity contribution is -0.149. The summed E-state index contributed by atoms with van der Waals surface area (Å²) < 4.78 is 12.3. The van der Waals surface area contributed by atoms with Gasteiger partial charge >= 0.3 is 0 Å². The zero-order chi connectivity index (χ0) is 28.5. The van der Waals surface area contributed by atoms with E-state index in [1.165, 1.54) is 18.1 Å². The van der Waals surface area contributed by atoms with Crippen LogP contribution in [0.25, 0.3) is 0 Å². The zero-order valence-corrected chi connectivity index (χ0v) is 24.0. The van der Waals surface area contributed by atoms with E-state index in [0.717, 1.165) is 5.56 Å². The van der Waals surface area contributed by atoms with Crippen LogP contribution in [0, 0.1) is 3.57 Å². The number of amides is 2. The lowest BCUT2D eigenvalue weighted by atomic mass is 9.87. The molecule has 2 amide bonds. The first-order valence-electron chi connectivity index (χ1n) is 12.5. The molecule has 3 atom stereocenters. The molecule has 3 rings (SSSR count). The van der Waals surface area contributed by atoms with Gasteiger partial charge < -0.3 is 35.0 Å². The third-order valence-electron chi connectivity index (χ3n) is 6.36. The van der Waals surface area contributed by atoms with E-state index < -0.39 is 35.8 Å². The number of carbonyl (C=O) groups excluding carboxylic acids is 3. The molecule has 210 valence electrons. The number of benzene rings is 2. The van der Waals surface area contributed by atoms with Gasteiger partial charge in [0.05, 0.1) is 29.9 Å². The van der Waals surface area contributed by atoms with E-state index in [1.807, 2.05) is 28.7 Å². The number of ether oxygens (including phenoxy) is 2. The van der Waals surface area contributed by atoms with Gasteiger partial charge in [-0.2, -0.15) is 0 Å². The number of ketones is 1. The number of aliphatic hydroxyl groups excluding tert-OH is 3. The summed E-state index contributed by atoms with van der Waals surface area (Å²) >= 11 is 2.02. The van der Waals surface area contributed by atoms with Gasteiger partial charge in [0.25, 0.3) is 5.91 Å². The van der Waals surface area contributed by atoms with Crippen LogP contribution in [0.5, 0.6) is 11.5 Å². The monoisotopic (exact) mass is 652 g/mol. The van der Waals surface area contributed by atoms with Gasteiger partial charge in [-0.05, 0) is 51.9 Å². The van der Waals surface area contributed by atoms with Crippen LogP contribution in [0.15, 0.2) is 54.1 Å². The Labute approximate surface area is 240 Å². The number of Topliss-reactive ketones (excluding diaryl/α,β-unsaturated/α-hetero) is 1. The molecule has 0 spiro atoms. The number of nitrogens with zero attached hydrogens (tertiary/aromatic N) is 1. The average molecular weight is 652 g/mol. The van der Waals surface area contributed by atoms with E-state index in [2.05, 4.69) is 5.32 Å². The van der Waals surface area contributed by atoms with Crippen LogP contribution in [-0.2, 0) is 27.5 Å². The maximum atomic E-state index is 13.3. The minimum atomic E-state index is -1.31. The van der Waals surface area contributed by atoms with Gasteiger partial charge in [-0.25, -0.2) is 0 Å². The van der Waals surface area contributed by atoms with E-state index in [4.69, 9.17) is 9.47 Å². The topological polar surface area (TPSA) is 146 Å². The van der Waals surface area contributed by atoms with Crippen molar-refractivity contribution in [3.8, 4) is 11.5 Å². The number of rotatable bonds is 12. The fraction of sp³-hybridized carbons (Fsp3) is 0.393. The third kappa shape index (κ3) is 7.56. The SMILES string of the molecule is CCC(=O)C(=O)N(Cc1ccccc1)[C@@H]1CC(C(=O)NCCO)=C[C@H](Oc2c(I)cc(CO)cc2OC)[C@H]1O. The number of halogens is 1. The second-order valence-corrected chi connectivity index (χ2v) is 10.1. The highest BCUT2D eigenvalue weighted by molar-refractivity contribution is 14.1. The van der Waals surface area contributed by atoms with Crippen LogP contribution in [0.3, 0.4) is 0 Å². The average Bonchev–Trinajstić information content (AvgIpc) is 2.96. The van der Waals surface area contributed by atoms with Crippen molar-refractivity contribution in [1.82, 2.24) is 10.2 Å². The highest BCUT2D eigenvalue weighted by atomic mass is 127. The summed E-state index contributed by atoms with van der Waals surface area (Å²) in [5.41, 5.74) is 1.58. The van der Waals surface area contributed by atoms with Crippen LogP contribution in [0.4, 0.5) is 0 Å². The van der Waals surface area contributed by atoms with Gasteiger partial charge in [0.1, 0.15) is 12.2 Å². The van der Waals surface area contributed by atoms with E-state index >= 15 is 0 Å². The second kappa shape index (κ2) is 14.4. The van der Waals surface area contributed by atoms with Crippen LogP contribution < -0.4 is 14.8 Å². The Morgan fingerprint density at radius 3 is 2.46 bits per heavy atom.